The van der Waals surface area contributed by atoms with Gasteiger partial charge in [-0.25, -0.2) is 32.0 Å². The van der Waals surface area contributed by atoms with Crippen LogP contribution in [-0.2, 0) is 196 Å². The molecule has 0 spiro atoms. The number of aromatic nitrogens is 8. The Labute approximate surface area is 766 Å². The Kier molecular flexibility index (Phi) is 23.7. The number of fused-ring (bicyclic) bond motifs is 19. The summed E-state index contributed by atoms with van der Waals surface area (Å²) in [6, 6.07) is 70.7. The number of benzene rings is 11. The van der Waals surface area contributed by atoms with Crippen LogP contribution in [-0.4, -0.2) is 43.6 Å². The van der Waals surface area contributed by atoms with E-state index in [1.54, 1.807) is 27.8 Å². The largest absolute Gasteiger partial charge is 0.513 e. The molecule has 7 aliphatic carbocycles. The number of anilines is 2. The Morgan fingerprint density at radius 2 is 0.628 bits per heavy atom. The first-order valence-electron chi connectivity index (χ1n) is 43.5. The molecule has 15 aromatic rings. The molecule has 0 unspecified atom stereocenters. The Morgan fingerprint density at radius 3 is 1.14 bits per heavy atom. The van der Waals surface area contributed by atoms with Crippen LogP contribution in [0.5, 0.6) is 34.5 Å². The summed E-state index contributed by atoms with van der Waals surface area (Å²) in [6.07, 6.45) is 39.4. The number of ether oxygens (including phenoxy) is 3. The third-order valence-electron chi connectivity index (χ3n) is 27.8. The molecule has 9 aliphatic rings. The second-order valence-corrected chi connectivity index (χ2v) is 35.8. The van der Waals surface area contributed by atoms with E-state index in [0.29, 0.717) is 5.75 Å². The van der Waals surface area contributed by atoms with Gasteiger partial charge in [-0.1, -0.05) is 120 Å². The average molecular weight is 2310 g/mol. The molecule has 121 heavy (non-hydrogen) atoms. The van der Waals surface area contributed by atoms with Crippen molar-refractivity contribution in [3.63, 3.8) is 0 Å². The van der Waals surface area contributed by atoms with Crippen LogP contribution in [0.4, 0.5) is 11.4 Å². The fourth-order valence-corrected chi connectivity index (χ4v) is 21.5. The van der Waals surface area contributed by atoms with Crippen molar-refractivity contribution in [2.45, 2.75) is 193 Å². The van der Waals surface area contributed by atoms with Gasteiger partial charge >= 0.3 is 0 Å². The summed E-state index contributed by atoms with van der Waals surface area (Å²) < 4.78 is 36.5. The molecule has 24 rings (SSSR count). The van der Waals surface area contributed by atoms with Crippen LogP contribution in [0.1, 0.15) is 194 Å². The molecular weight excluding hydrogens is 2200 g/mol. The van der Waals surface area contributed by atoms with Crippen molar-refractivity contribution in [2.24, 2.45) is 28.2 Å². The molecule has 0 atom stereocenters. The van der Waals surface area contributed by atoms with Gasteiger partial charge < -0.3 is 19.1 Å². The van der Waals surface area contributed by atoms with E-state index < -0.39 is 0 Å². The number of rotatable bonds is 4. The minimum Gasteiger partial charge on any atom is -0.513 e. The third kappa shape index (κ3) is 14.9. The zero-order valence-corrected chi connectivity index (χ0v) is 80.5. The first-order valence-corrected chi connectivity index (χ1v) is 43.5. The summed E-state index contributed by atoms with van der Waals surface area (Å²) in [5.74, 6) is 4.61. The maximum atomic E-state index is 6.12. The van der Waals surface area contributed by atoms with Gasteiger partial charge in [-0.2, -0.15) is 22.3 Å². The van der Waals surface area contributed by atoms with Crippen molar-refractivity contribution in [3.8, 4) is 57.2 Å². The van der Waals surface area contributed by atoms with Gasteiger partial charge in [0.05, 0.1) is 17.2 Å². The number of hydrogen-bond acceptors (Lipinski definition) is 4. The Morgan fingerprint density at radius 1 is 0.273 bits per heavy atom. The standard InChI is InChI=1S/C30H32N2.C26H30N2.C25H23N3O.C24H20N2O2.4Ir/c1-29(2)23-12-8-9-13-24(23)30(3,4)26-18-22(14-15-25(26)29)32-19-31(5)27-16-20-10-6-7-11-21(20)17-28(27)32;1-27-17-28(20-15-14-18-8-2-3-9-19(18)16-20)26-24-13-7-5-11-22(24)21-10-4-6-12-23(21)25(26)27;1-26-16-28(22-14-18-8-4-3-7-17(18)13-21(22)26)19-11-12-25-23(15-19)27(2)20-9-5-6-10-24(20)29-25;1-25-15-26(20-13-17-7-3-2-6-16(17)12-19(20)25)18-10-11-23-24(14-18)28-22-9-5-4-8-21(22)27-23;;;;/h8-9,12-13,15-19H,6-7,10-11H2,1-5H3;14,16-17H,2-13H2,1H3;5-6,9-10,12-16H,3-4,7-8H2,1-2H3;4-5,8-9,11-15H,2-3,6-7H2,1H3;;;;. The minimum absolute atomic E-state index is 0. The molecule has 16 heteroatoms. The number of imidazole rings is 4. The van der Waals surface area contributed by atoms with Gasteiger partial charge in [-0.3, -0.25) is 0 Å². The van der Waals surface area contributed by atoms with Crippen molar-refractivity contribution in [1.82, 2.24) is 36.5 Å². The maximum absolute atomic E-state index is 6.12. The van der Waals surface area contributed by atoms with Crippen LogP contribution < -0.4 is 19.1 Å². The molecule has 0 fully saturated rings. The zero-order chi connectivity index (χ0) is 79.1. The van der Waals surface area contributed by atoms with E-state index in [2.05, 4.69) is 251 Å². The van der Waals surface area contributed by atoms with E-state index >= 15 is 0 Å². The first kappa shape index (κ1) is 84.3. The fraction of sp³-hybridized carbons (Fsp3) is 0.333. The van der Waals surface area contributed by atoms with Crippen LogP contribution in [0.25, 0.3) is 66.9 Å². The normalized spacial score (nSPS) is 16.1. The Balaban J connectivity index is 0.000000114. The van der Waals surface area contributed by atoms with Crippen LogP contribution >= 0.6 is 0 Å². The van der Waals surface area contributed by atoms with Gasteiger partial charge in [-0.05, 0) is 231 Å². The van der Waals surface area contributed by atoms with Gasteiger partial charge in [0.2, 0.25) is 0 Å². The van der Waals surface area contributed by atoms with Crippen LogP contribution in [0, 0.1) is 24.3 Å². The van der Waals surface area contributed by atoms with E-state index in [1.165, 1.54) is 265 Å². The van der Waals surface area contributed by atoms with Crippen molar-refractivity contribution >= 4 is 55.5 Å². The third-order valence-corrected chi connectivity index (χ3v) is 27.8. The number of hydrogen-bond donors (Lipinski definition) is 0. The molecule has 0 N–H and O–H groups in total. The first-order chi connectivity index (χ1) is 57.0. The molecule has 6 heterocycles. The summed E-state index contributed by atoms with van der Waals surface area (Å²) in [5.41, 5.74) is 41.5. The smallest absolute Gasteiger partial charge is 0.192 e. The van der Waals surface area contributed by atoms with Crippen molar-refractivity contribution in [1.29, 1.82) is 0 Å². The molecule has 0 saturated heterocycles. The Bertz CT molecular complexity index is 6570. The van der Waals surface area contributed by atoms with E-state index in [9.17, 15) is 0 Å². The molecule has 0 saturated carbocycles. The molecule has 624 valence electrons. The van der Waals surface area contributed by atoms with Crippen molar-refractivity contribution < 1.29 is 94.6 Å². The van der Waals surface area contributed by atoms with Crippen molar-refractivity contribution in [3.05, 3.63) is 296 Å². The zero-order valence-electron chi connectivity index (χ0n) is 70.9. The second-order valence-electron chi connectivity index (χ2n) is 35.8. The summed E-state index contributed by atoms with van der Waals surface area (Å²) >= 11 is 0. The molecule has 0 amide bonds. The molecule has 4 aromatic heterocycles. The van der Waals surface area contributed by atoms with E-state index in [1.807, 2.05) is 60.7 Å². The summed E-state index contributed by atoms with van der Waals surface area (Å²) in [5, 5.41) is 0. The second kappa shape index (κ2) is 34.0. The molecular formula is C105H105Ir4N9O3. The summed E-state index contributed by atoms with van der Waals surface area (Å²) in [7, 11) is 10.7. The number of para-hydroxylation sites is 4. The van der Waals surface area contributed by atoms with E-state index in [-0.39, 0.29) is 91.3 Å². The van der Waals surface area contributed by atoms with Crippen LogP contribution in [0.15, 0.2) is 183 Å². The van der Waals surface area contributed by atoms with Crippen LogP contribution in [0.2, 0.25) is 0 Å². The monoisotopic (exact) mass is 2310 g/mol. The fourth-order valence-electron chi connectivity index (χ4n) is 21.5. The minimum atomic E-state index is -0.0460. The molecule has 12 nitrogen and oxygen atoms in total. The number of aryl methyl sites for hydroxylation is 14. The molecule has 2 aliphatic heterocycles. The molecule has 0 bridgehead atoms. The SMILES string of the molecule is CN1c2ccccc2Oc2c[c-]c(-n3[cH+]n(C)c4cc5c(cc43)CCCC5)cc21.Cn1[cH+]n(-c2[c-]cc3c(c2)C(C)(C)c2ccccc2C3(C)C)c2cc3c(cc21)CCCC3.Cn1[cH+]n(-c2[c-]cc3c(c2)CCCC3)c2c3c(c4c(c21)CCCC4)CCCC3.Cn1[cH+]n(-c2[c-]cc3c(c2)Oc2ccccc2O3)c2cc3c(cc21)CCCC3.[Ir].[Ir].[Ir].[Ir]. The maximum Gasteiger partial charge on any atom is 0.192 e. The van der Waals surface area contributed by atoms with Gasteiger partial charge in [0.1, 0.15) is 5.75 Å². The van der Waals surface area contributed by atoms with E-state index in [4.69, 9.17) is 14.2 Å². The summed E-state index contributed by atoms with van der Waals surface area (Å²) in [6.45, 7) is 9.44. The van der Waals surface area contributed by atoms with Gasteiger partial charge in [-0.15, -0.1) is 53.1 Å². The van der Waals surface area contributed by atoms with Gasteiger partial charge in [0.15, 0.2) is 80.9 Å². The molecule has 4 radical (unpaired) electrons. The average Bonchev–Trinajstić information content (AvgIpc) is 1.06. The van der Waals surface area contributed by atoms with E-state index in [0.717, 1.165) is 57.2 Å². The van der Waals surface area contributed by atoms with Gasteiger partial charge in [0.25, 0.3) is 0 Å². The molecule has 11 aromatic carbocycles. The topological polar surface area (TPSA) is 70.4 Å². The van der Waals surface area contributed by atoms with Crippen molar-refractivity contribution in [2.75, 3.05) is 11.9 Å². The predicted molar refractivity (Wildman–Crippen MR) is 474 cm³/mol. The summed E-state index contributed by atoms with van der Waals surface area (Å²) in [4.78, 5) is 2.19. The quantitative estimate of drug-likeness (QED) is 0.165. The van der Waals surface area contributed by atoms with Crippen LogP contribution in [0.3, 0.4) is 0 Å². The van der Waals surface area contributed by atoms with Gasteiger partial charge in [0, 0.05) is 192 Å². The predicted octanol–water partition coefficient (Wildman–Crippen LogP) is 24.2. The number of nitrogens with zero attached hydrogens (tertiary/aromatic N) is 9. The Hall–Kier alpha value is -8.90.